The molecule has 0 bridgehead atoms. The monoisotopic (exact) mass is 346 g/mol. The molecule has 0 saturated heterocycles. The molecule has 0 aliphatic rings. The van der Waals surface area contributed by atoms with E-state index in [1.165, 1.54) is 19.1 Å². The van der Waals surface area contributed by atoms with Crippen molar-refractivity contribution in [2.45, 2.75) is 34.1 Å². The molecular formula is C11H13ClF2O4S2. The molecule has 1 aromatic carbocycles. The third-order valence-corrected chi connectivity index (χ3v) is 6.79. The van der Waals surface area contributed by atoms with E-state index in [1.807, 2.05) is 0 Å². The first-order valence-electron chi connectivity index (χ1n) is 5.56. The van der Waals surface area contributed by atoms with E-state index in [0.717, 1.165) is 12.1 Å². The van der Waals surface area contributed by atoms with Crippen molar-refractivity contribution >= 4 is 31.3 Å². The molecule has 1 atom stereocenters. The van der Waals surface area contributed by atoms with Gasteiger partial charge in [0.15, 0.2) is 9.84 Å². The first-order chi connectivity index (χ1) is 9.15. The summed E-state index contributed by atoms with van der Waals surface area (Å²) in [7, 11) is -9.03. The summed E-state index contributed by atoms with van der Waals surface area (Å²) in [5.41, 5.74) is 0. The summed E-state index contributed by atoms with van der Waals surface area (Å²) in [5, 5.41) is -0.964. The maximum atomic E-state index is 12.6. The summed E-state index contributed by atoms with van der Waals surface area (Å²) in [4.78, 5) is -1.49. The van der Waals surface area contributed by atoms with Gasteiger partial charge in [-0.1, -0.05) is 12.1 Å². The van der Waals surface area contributed by atoms with Gasteiger partial charge < -0.3 is 0 Å². The van der Waals surface area contributed by atoms with Crippen molar-refractivity contribution in [1.82, 2.24) is 0 Å². The van der Waals surface area contributed by atoms with Crippen LogP contribution in [0, 0.1) is 0 Å². The molecule has 1 unspecified atom stereocenters. The van der Waals surface area contributed by atoms with Gasteiger partial charge in [-0.15, -0.1) is 11.6 Å². The molecule has 4 nitrogen and oxygen atoms in total. The number of rotatable bonds is 6. The lowest BCUT2D eigenvalue weighted by Gasteiger charge is -2.15. The molecule has 0 saturated carbocycles. The number of hydrogen-bond donors (Lipinski definition) is 0. The van der Waals surface area contributed by atoms with Gasteiger partial charge in [0.05, 0.1) is 15.0 Å². The standard InChI is InChI=1S/C11H13ClF2O4S2/c1-8(6-7-12)19(15,16)9-4-2-3-5-10(9)20(17,18)11(13)14/h2-5,8,11H,6-7H2,1H3. The van der Waals surface area contributed by atoms with Gasteiger partial charge >= 0.3 is 5.76 Å². The Bertz CT molecular complexity index is 671. The van der Waals surface area contributed by atoms with Gasteiger partial charge in [-0.05, 0) is 25.5 Å². The minimum absolute atomic E-state index is 0.0597. The summed E-state index contributed by atoms with van der Waals surface area (Å²) >= 11 is 5.47. The maximum absolute atomic E-state index is 12.6. The third-order valence-electron chi connectivity index (χ3n) is 2.74. The quantitative estimate of drug-likeness (QED) is 0.742. The predicted octanol–water partition coefficient (Wildman–Crippen LogP) is 2.47. The summed E-state index contributed by atoms with van der Waals surface area (Å²) in [6.45, 7) is 1.35. The Morgan fingerprint density at radius 1 is 1.05 bits per heavy atom. The Morgan fingerprint density at radius 3 is 1.90 bits per heavy atom. The van der Waals surface area contributed by atoms with Crippen molar-refractivity contribution in [2.24, 2.45) is 0 Å². The molecule has 1 aromatic rings. The van der Waals surface area contributed by atoms with Gasteiger partial charge in [0.25, 0.3) is 0 Å². The Morgan fingerprint density at radius 2 is 1.50 bits per heavy atom. The van der Waals surface area contributed by atoms with Crippen molar-refractivity contribution in [3.8, 4) is 0 Å². The Hall–Kier alpha value is -0.730. The minimum Gasteiger partial charge on any atom is -0.223 e. The summed E-state index contributed by atoms with van der Waals surface area (Å²) in [6, 6.07) is 4.35. The molecular weight excluding hydrogens is 334 g/mol. The fourth-order valence-electron chi connectivity index (χ4n) is 1.54. The van der Waals surface area contributed by atoms with E-state index in [4.69, 9.17) is 11.6 Å². The molecule has 1 rings (SSSR count). The van der Waals surface area contributed by atoms with Crippen molar-refractivity contribution in [1.29, 1.82) is 0 Å². The normalized spacial score (nSPS) is 14.4. The molecule has 0 aliphatic carbocycles. The van der Waals surface area contributed by atoms with Gasteiger partial charge in [0.1, 0.15) is 0 Å². The number of hydrogen-bond acceptors (Lipinski definition) is 4. The molecule has 0 radical (unpaired) electrons. The van der Waals surface area contributed by atoms with Crippen LogP contribution in [0.2, 0.25) is 0 Å². The molecule has 0 aliphatic heterocycles. The minimum atomic E-state index is -4.98. The SMILES string of the molecule is CC(CCCl)S(=O)(=O)c1ccccc1S(=O)(=O)C(F)F. The highest BCUT2D eigenvalue weighted by Crippen LogP contribution is 2.29. The zero-order valence-electron chi connectivity index (χ0n) is 10.5. The van der Waals surface area contributed by atoms with Gasteiger partial charge in [0, 0.05) is 5.88 Å². The molecule has 0 fully saturated rings. The van der Waals surface area contributed by atoms with Gasteiger partial charge in [-0.2, -0.15) is 8.78 Å². The highest BCUT2D eigenvalue weighted by atomic mass is 35.5. The predicted molar refractivity (Wildman–Crippen MR) is 71.6 cm³/mol. The number of sulfone groups is 2. The molecule has 20 heavy (non-hydrogen) atoms. The second-order valence-electron chi connectivity index (χ2n) is 4.09. The molecule has 0 N–H and O–H groups in total. The lowest BCUT2D eigenvalue weighted by Crippen LogP contribution is -2.22. The molecule has 0 spiro atoms. The van der Waals surface area contributed by atoms with E-state index in [-0.39, 0.29) is 12.3 Å². The van der Waals surface area contributed by atoms with Crippen LogP contribution in [0.15, 0.2) is 34.1 Å². The van der Waals surface area contributed by atoms with E-state index in [0.29, 0.717) is 0 Å². The van der Waals surface area contributed by atoms with Crippen molar-refractivity contribution in [3.05, 3.63) is 24.3 Å². The van der Waals surface area contributed by atoms with Crippen LogP contribution in [-0.2, 0) is 19.7 Å². The average Bonchev–Trinajstić information content (AvgIpc) is 2.38. The number of alkyl halides is 3. The number of halogens is 3. The fourth-order valence-corrected chi connectivity index (χ4v) is 4.98. The van der Waals surface area contributed by atoms with Crippen LogP contribution in [0.4, 0.5) is 8.78 Å². The van der Waals surface area contributed by atoms with Crippen LogP contribution in [0.3, 0.4) is 0 Å². The summed E-state index contributed by atoms with van der Waals surface area (Å²) in [6.07, 6.45) is 0.0902. The number of benzene rings is 1. The van der Waals surface area contributed by atoms with Crippen molar-refractivity contribution < 1.29 is 25.6 Å². The highest BCUT2D eigenvalue weighted by molar-refractivity contribution is 7.95. The average molecular weight is 347 g/mol. The Labute approximate surface area is 121 Å². The third kappa shape index (κ3) is 3.29. The highest BCUT2D eigenvalue weighted by Gasteiger charge is 2.34. The van der Waals surface area contributed by atoms with Crippen LogP contribution in [0.25, 0.3) is 0 Å². The molecule has 0 aromatic heterocycles. The van der Waals surface area contributed by atoms with Crippen molar-refractivity contribution in [2.75, 3.05) is 5.88 Å². The second-order valence-corrected chi connectivity index (χ2v) is 8.68. The maximum Gasteiger partial charge on any atom is 0.341 e. The first kappa shape index (κ1) is 17.3. The molecule has 9 heteroatoms. The zero-order valence-corrected chi connectivity index (χ0v) is 12.9. The van der Waals surface area contributed by atoms with Gasteiger partial charge in [-0.3, -0.25) is 0 Å². The largest absolute Gasteiger partial charge is 0.341 e. The fraction of sp³-hybridized carbons (Fsp3) is 0.455. The van der Waals surface area contributed by atoms with Crippen molar-refractivity contribution in [3.63, 3.8) is 0 Å². The van der Waals surface area contributed by atoms with Crippen LogP contribution in [0.1, 0.15) is 13.3 Å². The smallest absolute Gasteiger partial charge is 0.223 e. The van der Waals surface area contributed by atoms with E-state index < -0.39 is 40.5 Å². The van der Waals surface area contributed by atoms with Gasteiger partial charge in [0.2, 0.25) is 9.84 Å². The Balaban J connectivity index is 3.50. The van der Waals surface area contributed by atoms with Gasteiger partial charge in [-0.25, -0.2) is 16.8 Å². The first-order valence-corrected chi connectivity index (χ1v) is 9.19. The molecule has 0 heterocycles. The summed E-state index contributed by atoms with van der Waals surface area (Å²) < 4.78 is 72.8. The topological polar surface area (TPSA) is 68.3 Å². The van der Waals surface area contributed by atoms with Crippen LogP contribution >= 0.6 is 11.6 Å². The van der Waals surface area contributed by atoms with E-state index in [9.17, 15) is 25.6 Å². The lowest BCUT2D eigenvalue weighted by molar-refractivity contribution is 0.234. The van der Waals surface area contributed by atoms with E-state index >= 15 is 0 Å². The van der Waals surface area contributed by atoms with E-state index in [1.54, 1.807) is 0 Å². The lowest BCUT2D eigenvalue weighted by atomic mass is 10.4. The molecule has 0 amide bonds. The summed E-state index contributed by atoms with van der Waals surface area (Å²) in [5.74, 6) is -3.62. The zero-order chi connectivity index (χ0) is 15.6. The van der Waals surface area contributed by atoms with Crippen LogP contribution in [-0.4, -0.2) is 33.7 Å². The Kier molecular flexibility index (Phi) is 5.51. The van der Waals surface area contributed by atoms with E-state index in [2.05, 4.69) is 0 Å². The van der Waals surface area contributed by atoms with Crippen LogP contribution in [0.5, 0.6) is 0 Å². The second kappa shape index (κ2) is 6.36. The molecule has 114 valence electrons. The van der Waals surface area contributed by atoms with Crippen LogP contribution < -0.4 is 0 Å².